The molecule has 0 aliphatic heterocycles. The highest BCUT2D eigenvalue weighted by molar-refractivity contribution is 5.71. The molecular formula is C28H42N2O6. The predicted octanol–water partition coefficient (Wildman–Crippen LogP) is 3.78. The van der Waals surface area contributed by atoms with Gasteiger partial charge in [0.1, 0.15) is 0 Å². The van der Waals surface area contributed by atoms with Gasteiger partial charge in [0, 0.05) is 0 Å². The average Bonchev–Trinajstić information content (AvgIpc) is 2.85. The third-order valence-corrected chi connectivity index (χ3v) is 6.28. The van der Waals surface area contributed by atoms with E-state index in [0.717, 1.165) is 61.5 Å². The van der Waals surface area contributed by atoms with Crippen molar-refractivity contribution in [1.29, 1.82) is 0 Å². The Balaban J connectivity index is 0.000000293. The molecule has 0 saturated heterocycles. The number of ether oxygens (including phenoxy) is 4. The van der Waals surface area contributed by atoms with Crippen molar-refractivity contribution in [2.45, 2.75) is 38.5 Å². The summed E-state index contributed by atoms with van der Waals surface area (Å²) in [6.07, 6.45) is 2.98. The Hall–Kier alpha value is -2.97. The molecule has 0 amide bonds. The third kappa shape index (κ3) is 8.31. The Morgan fingerprint density at radius 3 is 2.00 bits per heavy atom. The standard InChI is InChI=1S/C17H28N2O4.C11H14O2/c1-19(2)9-5-7-18-8-6-13-10-15(22-3)16(23-4)11-14(13)12-17(20)21;1-7-4-8-5-10(12-2)11(13-3)6-9(7)8/h10-11,18H,5-9,12H2,1-4H3,(H,20,21);5-7H,4H2,1-3H3. The number of benzene rings is 2. The van der Waals surface area contributed by atoms with Crippen LogP contribution in [0.3, 0.4) is 0 Å². The SMILES string of the molecule is COc1cc(CCNCCCN(C)C)c(CC(=O)O)cc1OC.COc1cc2c(cc1OC)C(C)C2. The molecule has 0 heterocycles. The number of nitrogens with zero attached hydrogens (tertiary/aromatic N) is 1. The molecule has 0 saturated carbocycles. The highest BCUT2D eigenvalue weighted by Gasteiger charge is 2.24. The van der Waals surface area contributed by atoms with E-state index in [0.29, 0.717) is 17.4 Å². The molecular weight excluding hydrogens is 460 g/mol. The number of rotatable bonds is 13. The zero-order valence-electron chi connectivity index (χ0n) is 22.8. The van der Waals surface area contributed by atoms with E-state index in [-0.39, 0.29) is 6.42 Å². The molecule has 1 atom stereocenters. The highest BCUT2D eigenvalue weighted by Crippen LogP contribution is 2.41. The zero-order chi connectivity index (χ0) is 26.7. The van der Waals surface area contributed by atoms with Crippen LogP contribution >= 0.6 is 0 Å². The second kappa shape index (κ2) is 14.6. The summed E-state index contributed by atoms with van der Waals surface area (Å²) in [6.45, 7) is 5.02. The number of nitrogens with one attached hydrogen (secondary N) is 1. The van der Waals surface area contributed by atoms with Crippen LogP contribution in [-0.2, 0) is 24.1 Å². The molecule has 0 spiro atoms. The quantitative estimate of drug-likeness (QED) is 0.400. The summed E-state index contributed by atoms with van der Waals surface area (Å²) in [4.78, 5) is 13.2. The Morgan fingerprint density at radius 2 is 1.47 bits per heavy atom. The van der Waals surface area contributed by atoms with E-state index < -0.39 is 5.97 Å². The molecule has 0 aromatic heterocycles. The van der Waals surface area contributed by atoms with Crippen LogP contribution < -0.4 is 24.3 Å². The fraction of sp³-hybridized carbons (Fsp3) is 0.536. The molecule has 8 nitrogen and oxygen atoms in total. The van der Waals surface area contributed by atoms with E-state index in [1.807, 2.05) is 6.07 Å². The molecule has 0 radical (unpaired) electrons. The molecule has 8 heteroatoms. The first-order valence-electron chi connectivity index (χ1n) is 12.3. The van der Waals surface area contributed by atoms with Crippen molar-refractivity contribution >= 4 is 5.97 Å². The van der Waals surface area contributed by atoms with Crippen LogP contribution in [-0.4, -0.2) is 78.1 Å². The van der Waals surface area contributed by atoms with Crippen molar-refractivity contribution in [3.63, 3.8) is 0 Å². The second-order valence-corrected chi connectivity index (χ2v) is 9.21. The van der Waals surface area contributed by atoms with Gasteiger partial charge in [-0.15, -0.1) is 0 Å². The lowest BCUT2D eigenvalue weighted by Crippen LogP contribution is -2.23. The summed E-state index contributed by atoms with van der Waals surface area (Å²) in [7, 11) is 10.6. The fourth-order valence-corrected chi connectivity index (χ4v) is 4.27. The van der Waals surface area contributed by atoms with Crippen LogP contribution in [0.2, 0.25) is 0 Å². The van der Waals surface area contributed by atoms with Gasteiger partial charge in [0.05, 0.1) is 34.9 Å². The minimum atomic E-state index is -0.850. The summed E-state index contributed by atoms with van der Waals surface area (Å²) in [6, 6.07) is 7.80. The molecule has 1 aliphatic rings. The molecule has 0 fully saturated rings. The Labute approximate surface area is 215 Å². The number of carboxylic acid groups (broad SMARTS) is 1. The van der Waals surface area contributed by atoms with E-state index >= 15 is 0 Å². The number of fused-ring (bicyclic) bond motifs is 1. The lowest BCUT2D eigenvalue weighted by molar-refractivity contribution is -0.136. The van der Waals surface area contributed by atoms with Gasteiger partial charge < -0.3 is 34.3 Å². The van der Waals surface area contributed by atoms with Gasteiger partial charge in [0.15, 0.2) is 23.0 Å². The van der Waals surface area contributed by atoms with Crippen LogP contribution in [0, 0.1) is 0 Å². The predicted molar refractivity (Wildman–Crippen MR) is 142 cm³/mol. The number of carbonyl (C=O) groups is 1. The minimum Gasteiger partial charge on any atom is -0.493 e. The van der Waals surface area contributed by atoms with Gasteiger partial charge in [0.25, 0.3) is 0 Å². The van der Waals surface area contributed by atoms with Gasteiger partial charge in [-0.2, -0.15) is 0 Å². The highest BCUT2D eigenvalue weighted by atomic mass is 16.5. The van der Waals surface area contributed by atoms with Gasteiger partial charge in [-0.05, 0) is 105 Å². The van der Waals surface area contributed by atoms with Crippen LogP contribution in [0.15, 0.2) is 24.3 Å². The second-order valence-electron chi connectivity index (χ2n) is 9.21. The van der Waals surface area contributed by atoms with Crippen molar-refractivity contribution in [3.8, 4) is 23.0 Å². The fourth-order valence-electron chi connectivity index (χ4n) is 4.27. The van der Waals surface area contributed by atoms with Crippen LogP contribution in [0.25, 0.3) is 0 Å². The first-order chi connectivity index (χ1) is 17.2. The molecule has 1 unspecified atom stereocenters. The summed E-state index contributed by atoms with van der Waals surface area (Å²) < 4.78 is 21.0. The number of hydrogen-bond donors (Lipinski definition) is 2. The topological polar surface area (TPSA) is 89.5 Å². The molecule has 200 valence electrons. The van der Waals surface area contributed by atoms with Crippen LogP contribution in [0.5, 0.6) is 23.0 Å². The monoisotopic (exact) mass is 502 g/mol. The maximum atomic E-state index is 11.1. The molecule has 2 N–H and O–H groups in total. The maximum absolute atomic E-state index is 11.1. The van der Waals surface area contributed by atoms with E-state index in [4.69, 9.17) is 24.1 Å². The van der Waals surface area contributed by atoms with Crippen molar-refractivity contribution < 1.29 is 28.8 Å². The van der Waals surface area contributed by atoms with Crippen LogP contribution in [0.1, 0.15) is 41.5 Å². The summed E-state index contributed by atoms with van der Waals surface area (Å²) in [5.41, 5.74) is 4.54. The normalized spacial score (nSPS) is 13.7. The smallest absolute Gasteiger partial charge is 0.307 e. The van der Waals surface area contributed by atoms with Crippen LogP contribution in [0.4, 0.5) is 0 Å². The number of methoxy groups -OCH3 is 4. The Morgan fingerprint density at radius 1 is 0.917 bits per heavy atom. The largest absolute Gasteiger partial charge is 0.493 e. The zero-order valence-corrected chi connectivity index (χ0v) is 22.8. The van der Waals surface area contributed by atoms with Gasteiger partial charge in [-0.25, -0.2) is 0 Å². The molecule has 2 aromatic rings. The average molecular weight is 503 g/mol. The lowest BCUT2D eigenvalue weighted by Gasteiger charge is -2.28. The van der Waals surface area contributed by atoms with Gasteiger partial charge in [-0.1, -0.05) is 6.92 Å². The summed E-state index contributed by atoms with van der Waals surface area (Å²) in [5.74, 6) is 2.70. The lowest BCUT2D eigenvalue weighted by atomic mass is 9.78. The van der Waals surface area contributed by atoms with Crippen molar-refractivity contribution in [2.24, 2.45) is 0 Å². The van der Waals surface area contributed by atoms with E-state index in [1.165, 1.54) is 11.1 Å². The number of hydrogen-bond acceptors (Lipinski definition) is 7. The van der Waals surface area contributed by atoms with Gasteiger partial charge in [0.2, 0.25) is 0 Å². The maximum Gasteiger partial charge on any atom is 0.307 e. The van der Waals surface area contributed by atoms with Gasteiger partial charge in [-0.3, -0.25) is 4.79 Å². The third-order valence-electron chi connectivity index (χ3n) is 6.28. The van der Waals surface area contributed by atoms with E-state index in [1.54, 1.807) is 34.5 Å². The van der Waals surface area contributed by atoms with Gasteiger partial charge >= 0.3 is 5.97 Å². The Bertz CT molecular complexity index is 992. The number of carboxylic acids is 1. The molecule has 36 heavy (non-hydrogen) atoms. The van der Waals surface area contributed by atoms with E-state index in [2.05, 4.69) is 43.4 Å². The van der Waals surface area contributed by atoms with Crippen molar-refractivity contribution in [2.75, 3.05) is 62.2 Å². The Kier molecular flexibility index (Phi) is 11.8. The first kappa shape index (κ1) is 29.3. The molecule has 0 bridgehead atoms. The first-order valence-corrected chi connectivity index (χ1v) is 12.3. The molecule has 3 rings (SSSR count). The van der Waals surface area contributed by atoms with E-state index in [9.17, 15) is 4.79 Å². The summed E-state index contributed by atoms with van der Waals surface area (Å²) in [5, 5.41) is 12.5. The van der Waals surface area contributed by atoms with Crippen molar-refractivity contribution in [1.82, 2.24) is 10.2 Å². The number of aliphatic carboxylic acids is 1. The minimum absolute atomic E-state index is 0.0175. The molecule has 1 aliphatic carbocycles. The molecule has 2 aromatic carbocycles. The van der Waals surface area contributed by atoms with Crippen molar-refractivity contribution in [3.05, 3.63) is 46.5 Å². The summed E-state index contributed by atoms with van der Waals surface area (Å²) >= 11 is 0.